The number of alkyl halides is 3. The number of aliphatic carboxylic acids is 1. The number of ketones is 1. The normalized spacial score (nSPS) is 13.8. The van der Waals surface area contributed by atoms with E-state index in [-0.39, 0.29) is 12.8 Å². The molecule has 0 fully saturated rings. The molecule has 13 heavy (non-hydrogen) atoms. The molecule has 0 rings (SSSR count). The Bertz CT molecular complexity index is 210. The van der Waals surface area contributed by atoms with Gasteiger partial charge in [0.25, 0.3) is 0 Å². The van der Waals surface area contributed by atoms with E-state index >= 15 is 0 Å². The van der Waals surface area contributed by atoms with Crippen molar-refractivity contribution >= 4 is 11.8 Å². The van der Waals surface area contributed by atoms with Crippen molar-refractivity contribution in [3.8, 4) is 0 Å². The molecule has 0 radical (unpaired) electrons. The van der Waals surface area contributed by atoms with Gasteiger partial charge in [-0.05, 0) is 6.42 Å². The van der Waals surface area contributed by atoms with Crippen molar-refractivity contribution in [2.45, 2.75) is 25.9 Å². The third-order valence-electron chi connectivity index (χ3n) is 1.46. The van der Waals surface area contributed by atoms with Crippen LogP contribution in [0, 0.1) is 5.92 Å². The number of halogens is 3. The highest BCUT2D eigenvalue weighted by atomic mass is 19.4. The van der Waals surface area contributed by atoms with Crippen molar-refractivity contribution in [1.29, 1.82) is 0 Å². The minimum Gasteiger partial charge on any atom is -0.549 e. The summed E-state index contributed by atoms with van der Waals surface area (Å²) >= 11 is 0. The molecule has 0 saturated heterocycles. The van der Waals surface area contributed by atoms with Gasteiger partial charge in [0.05, 0.1) is 11.9 Å². The Morgan fingerprint density at radius 3 is 2.08 bits per heavy atom. The Morgan fingerprint density at radius 2 is 1.85 bits per heavy atom. The molecule has 0 aliphatic carbocycles. The first-order valence-corrected chi connectivity index (χ1v) is 3.62. The molecule has 0 aromatic rings. The molecule has 0 N–H and O–H groups in total. The summed E-state index contributed by atoms with van der Waals surface area (Å²) in [5, 5.41) is 10.1. The molecule has 0 heterocycles. The molecule has 0 amide bonds. The number of hydrogen-bond acceptors (Lipinski definition) is 3. The summed E-state index contributed by atoms with van der Waals surface area (Å²) in [4.78, 5) is 20.6. The van der Waals surface area contributed by atoms with E-state index in [0.717, 1.165) is 0 Å². The average Bonchev–Trinajstić information content (AvgIpc) is 1.96. The van der Waals surface area contributed by atoms with E-state index in [2.05, 4.69) is 0 Å². The molecule has 0 aliphatic heterocycles. The molecule has 0 spiro atoms. The summed E-state index contributed by atoms with van der Waals surface area (Å²) in [7, 11) is 0. The fraction of sp³-hybridized carbons (Fsp3) is 0.714. The molecule has 0 saturated carbocycles. The van der Waals surface area contributed by atoms with Crippen molar-refractivity contribution in [3.63, 3.8) is 0 Å². The lowest BCUT2D eigenvalue weighted by molar-refractivity contribution is -0.311. The van der Waals surface area contributed by atoms with E-state index < -0.39 is 23.8 Å². The summed E-state index contributed by atoms with van der Waals surface area (Å²) < 4.78 is 35.2. The molecule has 1 atom stereocenters. The number of carbonyl (C=O) groups is 2. The first kappa shape index (κ1) is 11.9. The lowest BCUT2D eigenvalue weighted by Gasteiger charge is -2.17. The molecule has 0 aromatic carbocycles. The minimum atomic E-state index is -5.10. The van der Waals surface area contributed by atoms with Crippen LogP contribution in [-0.4, -0.2) is 17.9 Å². The molecule has 0 bridgehead atoms. The maximum absolute atomic E-state index is 11.7. The Morgan fingerprint density at radius 1 is 1.38 bits per heavy atom. The molecule has 3 nitrogen and oxygen atoms in total. The first-order chi connectivity index (χ1) is 5.80. The standard InChI is InChI=1S/C7H9F3O3/c1-2-3-4(6(12)13)5(11)7(8,9)10/h4H,2-3H2,1H3,(H,12,13)/p-1. The maximum atomic E-state index is 11.7. The lowest BCUT2D eigenvalue weighted by Crippen LogP contribution is -2.42. The Hall–Kier alpha value is -1.07. The van der Waals surface area contributed by atoms with Gasteiger partial charge < -0.3 is 9.90 Å². The van der Waals surface area contributed by atoms with Crippen molar-refractivity contribution in [2.75, 3.05) is 0 Å². The van der Waals surface area contributed by atoms with E-state index in [4.69, 9.17) is 0 Å². The van der Waals surface area contributed by atoms with E-state index in [1.807, 2.05) is 0 Å². The monoisotopic (exact) mass is 197 g/mol. The van der Waals surface area contributed by atoms with E-state index in [0.29, 0.717) is 0 Å². The van der Waals surface area contributed by atoms with Gasteiger partial charge in [0.1, 0.15) is 0 Å². The highest BCUT2D eigenvalue weighted by Gasteiger charge is 2.43. The summed E-state index contributed by atoms with van der Waals surface area (Å²) in [6, 6.07) is 0. The highest BCUT2D eigenvalue weighted by Crippen LogP contribution is 2.23. The smallest absolute Gasteiger partial charge is 0.450 e. The number of rotatable bonds is 4. The van der Waals surface area contributed by atoms with Crippen LogP contribution in [0.25, 0.3) is 0 Å². The Kier molecular flexibility index (Phi) is 3.90. The predicted molar refractivity (Wildman–Crippen MR) is 34.5 cm³/mol. The van der Waals surface area contributed by atoms with E-state index in [9.17, 15) is 27.9 Å². The third-order valence-corrected chi connectivity index (χ3v) is 1.46. The second-order valence-corrected chi connectivity index (χ2v) is 2.52. The number of Topliss-reactive ketones (excluding diaryl/α,β-unsaturated/α-hetero) is 1. The van der Waals surface area contributed by atoms with Gasteiger partial charge in [0.15, 0.2) is 0 Å². The topological polar surface area (TPSA) is 57.2 Å². The molecule has 6 heteroatoms. The Labute approximate surface area is 72.5 Å². The van der Waals surface area contributed by atoms with Crippen molar-refractivity contribution in [1.82, 2.24) is 0 Å². The van der Waals surface area contributed by atoms with Crippen LogP contribution >= 0.6 is 0 Å². The van der Waals surface area contributed by atoms with Crippen LogP contribution in [0.1, 0.15) is 19.8 Å². The maximum Gasteiger partial charge on any atom is 0.450 e. The summed E-state index contributed by atoms with van der Waals surface area (Å²) in [6.07, 6.45) is -5.26. The van der Waals surface area contributed by atoms with E-state index in [1.54, 1.807) is 0 Å². The largest absolute Gasteiger partial charge is 0.549 e. The zero-order valence-electron chi connectivity index (χ0n) is 6.85. The van der Waals surface area contributed by atoms with E-state index in [1.165, 1.54) is 6.92 Å². The van der Waals surface area contributed by atoms with Crippen molar-refractivity contribution in [3.05, 3.63) is 0 Å². The van der Waals surface area contributed by atoms with Gasteiger partial charge >= 0.3 is 6.18 Å². The quantitative estimate of drug-likeness (QED) is 0.608. The fourth-order valence-electron chi connectivity index (χ4n) is 0.842. The van der Waals surface area contributed by atoms with Crippen molar-refractivity contribution in [2.24, 2.45) is 5.92 Å². The van der Waals surface area contributed by atoms with Crippen molar-refractivity contribution < 1.29 is 27.9 Å². The van der Waals surface area contributed by atoms with Crippen LogP contribution in [0.3, 0.4) is 0 Å². The molecule has 1 unspecified atom stereocenters. The lowest BCUT2D eigenvalue weighted by atomic mass is 9.98. The van der Waals surface area contributed by atoms with Gasteiger partial charge in [-0.1, -0.05) is 13.3 Å². The Balaban J connectivity index is 4.56. The SMILES string of the molecule is CCCC(C(=O)[O-])C(=O)C(F)(F)F. The predicted octanol–water partition coefficient (Wildman–Crippen LogP) is 0.284. The van der Waals surface area contributed by atoms with Crippen LogP contribution in [0.15, 0.2) is 0 Å². The number of carboxylic acid groups (broad SMARTS) is 1. The average molecular weight is 197 g/mol. The number of hydrogen-bond donors (Lipinski definition) is 0. The van der Waals surface area contributed by atoms with Gasteiger partial charge in [-0.3, -0.25) is 4.79 Å². The highest BCUT2D eigenvalue weighted by molar-refractivity contribution is 6.00. The molecular weight excluding hydrogens is 189 g/mol. The van der Waals surface area contributed by atoms with Gasteiger partial charge in [-0.25, -0.2) is 0 Å². The summed E-state index contributed by atoms with van der Waals surface area (Å²) in [6.45, 7) is 1.49. The zero-order chi connectivity index (χ0) is 10.6. The molecule has 0 aromatic heterocycles. The molecular formula is C7H8F3O3-. The summed E-state index contributed by atoms with van der Waals surface area (Å²) in [5.74, 6) is -6.27. The van der Waals surface area contributed by atoms with Crippen LogP contribution in [0.5, 0.6) is 0 Å². The minimum absolute atomic E-state index is 0.181. The third kappa shape index (κ3) is 3.43. The number of carbonyl (C=O) groups excluding carboxylic acids is 2. The zero-order valence-corrected chi connectivity index (χ0v) is 6.85. The van der Waals surface area contributed by atoms with Gasteiger partial charge in [0, 0.05) is 0 Å². The molecule has 76 valence electrons. The second-order valence-electron chi connectivity index (χ2n) is 2.52. The first-order valence-electron chi connectivity index (χ1n) is 3.62. The van der Waals surface area contributed by atoms with Gasteiger partial charge in [0.2, 0.25) is 5.78 Å². The van der Waals surface area contributed by atoms with Crippen LogP contribution in [0.2, 0.25) is 0 Å². The van der Waals surface area contributed by atoms with Crippen LogP contribution < -0.4 is 5.11 Å². The van der Waals surface area contributed by atoms with Gasteiger partial charge in [-0.2, -0.15) is 13.2 Å². The second kappa shape index (κ2) is 4.25. The van der Waals surface area contributed by atoms with Crippen LogP contribution in [0.4, 0.5) is 13.2 Å². The number of carboxylic acids is 1. The van der Waals surface area contributed by atoms with Crippen LogP contribution in [-0.2, 0) is 9.59 Å². The van der Waals surface area contributed by atoms with Gasteiger partial charge in [-0.15, -0.1) is 0 Å². The fourth-order valence-corrected chi connectivity index (χ4v) is 0.842. The summed E-state index contributed by atoms with van der Waals surface area (Å²) in [5.41, 5.74) is 0. The molecule has 0 aliphatic rings.